The van der Waals surface area contributed by atoms with E-state index in [4.69, 9.17) is 11.6 Å². The van der Waals surface area contributed by atoms with Gasteiger partial charge in [-0.25, -0.2) is 0 Å². The lowest BCUT2D eigenvalue weighted by Gasteiger charge is -2.08. The van der Waals surface area contributed by atoms with Gasteiger partial charge in [0.1, 0.15) is 0 Å². The average Bonchev–Trinajstić information content (AvgIpc) is 2.25. The second kappa shape index (κ2) is 5.13. The van der Waals surface area contributed by atoms with Crippen molar-refractivity contribution < 1.29 is 9.59 Å². The number of anilines is 1. The van der Waals surface area contributed by atoms with E-state index in [1.807, 2.05) is 0 Å². The van der Waals surface area contributed by atoms with Gasteiger partial charge >= 0.3 is 0 Å². The molecule has 86 valence electrons. The predicted molar refractivity (Wildman–Crippen MR) is 60.5 cm³/mol. The molecule has 0 bridgehead atoms. The zero-order chi connectivity index (χ0) is 12.1. The lowest BCUT2D eigenvalue weighted by Crippen LogP contribution is -2.33. The molecule has 0 aliphatic heterocycles. The number of hydrazine groups is 1. The Morgan fingerprint density at radius 2 is 2.06 bits per heavy atom. The van der Waals surface area contributed by atoms with Crippen LogP contribution in [0.5, 0.6) is 0 Å². The Bertz CT molecular complexity index is 417. The minimum Gasteiger partial charge on any atom is -0.368 e. The van der Waals surface area contributed by atoms with Crippen molar-refractivity contribution >= 4 is 17.5 Å². The van der Waals surface area contributed by atoms with E-state index in [0.717, 1.165) is 5.56 Å². The van der Waals surface area contributed by atoms with Crippen LogP contribution in [0.25, 0.3) is 0 Å². The van der Waals surface area contributed by atoms with Crippen LogP contribution < -0.4 is 22.3 Å². The first-order valence-corrected chi connectivity index (χ1v) is 4.68. The van der Waals surface area contributed by atoms with E-state index >= 15 is 0 Å². The second-order valence-electron chi connectivity index (χ2n) is 3.32. The van der Waals surface area contributed by atoms with Crippen molar-refractivity contribution in [2.75, 3.05) is 12.0 Å². The van der Waals surface area contributed by atoms with Gasteiger partial charge in [-0.05, 0) is 30.7 Å². The Hall–Kier alpha value is -2.08. The summed E-state index contributed by atoms with van der Waals surface area (Å²) in [4.78, 5) is 22.1. The number of hydrogen-bond acceptors (Lipinski definition) is 4. The molecule has 0 aliphatic rings. The molecular formula is C10H14N4O2. The Kier molecular flexibility index (Phi) is 3.84. The summed E-state index contributed by atoms with van der Waals surface area (Å²) >= 11 is 0. The van der Waals surface area contributed by atoms with Crippen LogP contribution in [0.4, 0.5) is 5.69 Å². The number of benzene rings is 1. The second-order valence-corrected chi connectivity index (χ2v) is 3.32. The fraction of sp³-hybridized carbons (Fsp3) is 0.200. The number of nitrogens with two attached hydrogens (primary N) is 2. The van der Waals surface area contributed by atoms with Gasteiger partial charge in [0, 0.05) is 11.3 Å². The van der Waals surface area contributed by atoms with Gasteiger partial charge in [-0.15, -0.1) is 0 Å². The number of amides is 2. The van der Waals surface area contributed by atoms with E-state index in [1.54, 1.807) is 25.1 Å². The van der Waals surface area contributed by atoms with E-state index in [-0.39, 0.29) is 12.5 Å². The molecule has 1 aromatic rings. The van der Waals surface area contributed by atoms with Crippen LogP contribution in [0, 0.1) is 6.92 Å². The molecule has 6 nitrogen and oxygen atoms in total. The standard InChI is InChI=1S/C10H14N4O2/c1-6-4-7(14-12)2-3-8(6)10(16)13-5-9(11)15/h2-4,14H,5,12H2,1H3,(H2,11,15)(H,13,16). The predicted octanol–water partition coefficient (Wildman–Crippen LogP) is -0.504. The van der Waals surface area contributed by atoms with Gasteiger partial charge in [0.15, 0.2) is 0 Å². The number of hydrogen-bond donors (Lipinski definition) is 4. The van der Waals surface area contributed by atoms with Gasteiger partial charge in [0.05, 0.1) is 6.54 Å². The first-order chi connectivity index (χ1) is 7.54. The van der Waals surface area contributed by atoms with E-state index in [2.05, 4.69) is 10.7 Å². The number of nitrogens with one attached hydrogen (secondary N) is 2. The average molecular weight is 222 g/mol. The van der Waals surface area contributed by atoms with E-state index < -0.39 is 5.91 Å². The maximum absolute atomic E-state index is 11.6. The zero-order valence-electron chi connectivity index (χ0n) is 8.91. The summed E-state index contributed by atoms with van der Waals surface area (Å²) in [5.74, 6) is 4.32. The summed E-state index contributed by atoms with van der Waals surface area (Å²) in [7, 11) is 0. The number of aryl methyl sites for hydroxylation is 1. The quantitative estimate of drug-likeness (QED) is 0.406. The minimum absolute atomic E-state index is 0.171. The first kappa shape index (κ1) is 12.0. The fourth-order valence-corrected chi connectivity index (χ4v) is 1.27. The number of carbonyl (C=O) groups is 2. The molecule has 6 heteroatoms. The lowest BCUT2D eigenvalue weighted by molar-refractivity contribution is -0.117. The number of rotatable bonds is 4. The highest BCUT2D eigenvalue weighted by atomic mass is 16.2. The van der Waals surface area contributed by atoms with Crippen molar-refractivity contribution in [3.63, 3.8) is 0 Å². The monoisotopic (exact) mass is 222 g/mol. The molecule has 0 saturated heterocycles. The molecule has 16 heavy (non-hydrogen) atoms. The molecule has 0 aromatic heterocycles. The summed E-state index contributed by atoms with van der Waals surface area (Å²) in [5, 5.41) is 2.41. The molecule has 6 N–H and O–H groups in total. The third kappa shape index (κ3) is 2.96. The Balaban J connectivity index is 2.79. The molecule has 0 aliphatic carbocycles. The van der Waals surface area contributed by atoms with Gasteiger partial charge in [0.2, 0.25) is 5.91 Å². The normalized spacial score (nSPS) is 9.62. The third-order valence-corrected chi connectivity index (χ3v) is 2.06. The van der Waals surface area contributed by atoms with Crippen molar-refractivity contribution in [3.8, 4) is 0 Å². The molecule has 0 unspecified atom stereocenters. The molecular weight excluding hydrogens is 208 g/mol. The molecule has 1 rings (SSSR count). The summed E-state index contributed by atoms with van der Waals surface area (Å²) in [6.07, 6.45) is 0. The third-order valence-electron chi connectivity index (χ3n) is 2.06. The van der Waals surface area contributed by atoms with Gasteiger partial charge in [-0.3, -0.25) is 15.4 Å². The number of primary amides is 1. The topological polar surface area (TPSA) is 110 Å². The van der Waals surface area contributed by atoms with Crippen LogP contribution in [-0.4, -0.2) is 18.4 Å². The van der Waals surface area contributed by atoms with Crippen LogP contribution in [0.15, 0.2) is 18.2 Å². The SMILES string of the molecule is Cc1cc(NN)ccc1C(=O)NCC(N)=O. The Morgan fingerprint density at radius 3 is 2.56 bits per heavy atom. The molecule has 0 atom stereocenters. The maximum atomic E-state index is 11.6. The van der Waals surface area contributed by atoms with Gasteiger partial charge < -0.3 is 16.5 Å². The molecule has 0 heterocycles. The molecule has 2 amide bonds. The van der Waals surface area contributed by atoms with Gasteiger partial charge in [-0.2, -0.15) is 0 Å². The Labute approximate surface area is 93.0 Å². The van der Waals surface area contributed by atoms with Gasteiger partial charge in [-0.1, -0.05) is 0 Å². The molecule has 0 fully saturated rings. The highest BCUT2D eigenvalue weighted by Crippen LogP contribution is 2.13. The van der Waals surface area contributed by atoms with Gasteiger partial charge in [0.25, 0.3) is 5.91 Å². The van der Waals surface area contributed by atoms with Crippen LogP contribution >= 0.6 is 0 Å². The highest BCUT2D eigenvalue weighted by molar-refractivity contribution is 5.97. The minimum atomic E-state index is -0.578. The Morgan fingerprint density at radius 1 is 1.38 bits per heavy atom. The van der Waals surface area contributed by atoms with E-state index in [0.29, 0.717) is 11.3 Å². The molecule has 0 spiro atoms. The van der Waals surface area contributed by atoms with Crippen LogP contribution in [0.3, 0.4) is 0 Å². The van der Waals surface area contributed by atoms with Crippen molar-refractivity contribution in [1.82, 2.24) is 5.32 Å². The highest BCUT2D eigenvalue weighted by Gasteiger charge is 2.09. The van der Waals surface area contributed by atoms with E-state index in [9.17, 15) is 9.59 Å². The van der Waals surface area contributed by atoms with Crippen LogP contribution in [0.2, 0.25) is 0 Å². The fourth-order valence-electron chi connectivity index (χ4n) is 1.27. The van der Waals surface area contributed by atoms with Crippen molar-refractivity contribution in [1.29, 1.82) is 0 Å². The van der Waals surface area contributed by atoms with Crippen LogP contribution in [-0.2, 0) is 4.79 Å². The zero-order valence-corrected chi connectivity index (χ0v) is 8.91. The summed E-state index contributed by atoms with van der Waals surface area (Å²) < 4.78 is 0. The van der Waals surface area contributed by atoms with Crippen LogP contribution in [0.1, 0.15) is 15.9 Å². The largest absolute Gasteiger partial charge is 0.368 e. The van der Waals surface area contributed by atoms with Crippen molar-refractivity contribution in [2.45, 2.75) is 6.92 Å². The van der Waals surface area contributed by atoms with Crippen molar-refractivity contribution in [3.05, 3.63) is 29.3 Å². The summed E-state index contributed by atoms with van der Waals surface area (Å²) in [6.45, 7) is 1.61. The smallest absolute Gasteiger partial charge is 0.251 e. The maximum Gasteiger partial charge on any atom is 0.251 e. The summed E-state index contributed by atoms with van der Waals surface area (Å²) in [6, 6.07) is 5.03. The molecule has 0 radical (unpaired) electrons. The lowest BCUT2D eigenvalue weighted by atomic mass is 10.1. The van der Waals surface area contributed by atoms with Crippen molar-refractivity contribution in [2.24, 2.45) is 11.6 Å². The number of carbonyl (C=O) groups excluding carboxylic acids is 2. The molecule has 0 saturated carbocycles. The first-order valence-electron chi connectivity index (χ1n) is 4.68. The van der Waals surface area contributed by atoms with E-state index in [1.165, 1.54) is 0 Å². The number of nitrogen functional groups attached to an aromatic ring is 1. The molecule has 1 aromatic carbocycles. The summed E-state index contributed by atoms with van der Waals surface area (Å²) in [5.41, 5.74) is 9.36.